The molecule has 1 fully saturated rings. The maximum absolute atomic E-state index is 14.3. The lowest BCUT2D eigenvalue weighted by Crippen LogP contribution is -2.51. The highest BCUT2D eigenvalue weighted by Crippen LogP contribution is 2.42. The Hall–Kier alpha value is -3.16. The molecule has 0 saturated heterocycles. The van der Waals surface area contributed by atoms with Crippen molar-refractivity contribution in [1.82, 2.24) is 24.8 Å². The minimum absolute atomic E-state index is 0.0608. The van der Waals surface area contributed by atoms with Crippen molar-refractivity contribution in [2.75, 3.05) is 26.1 Å². The summed E-state index contributed by atoms with van der Waals surface area (Å²) in [5.41, 5.74) is 3.99. The zero-order valence-corrected chi connectivity index (χ0v) is 28.5. The number of nitriles is 1. The number of aliphatic hydroxyl groups is 2. The van der Waals surface area contributed by atoms with Gasteiger partial charge in [-0.1, -0.05) is 33.1 Å². The van der Waals surface area contributed by atoms with E-state index in [1.54, 1.807) is 0 Å². The SMILES string of the molecule is CCC(CC)COC(=O)[C@H](C)NP(=O)(N[C@@H](C)C(=O)OC1CCCCC1)OCC(C#N)(OC)[C@@H](O)[C@@H](O)c1ccc2c(N)ncnn12. The molecule has 17 heteroatoms. The van der Waals surface area contributed by atoms with Gasteiger partial charge in [-0.3, -0.25) is 14.2 Å². The van der Waals surface area contributed by atoms with Gasteiger partial charge in [-0.15, -0.1) is 0 Å². The monoisotopic (exact) mass is 681 g/mol. The predicted octanol–water partition coefficient (Wildman–Crippen LogP) is 2.55. The number of nitrogen functional groups attached to an aromatic ring is 1. The molecule has 47 heavy (non-hydrogen) atoms. The smallest absolute Gasteiger partial charge is 0.342 e. The summed E-state index contributed by atoms with van der Waals surface area (Å²) in [6.07, 6.45) is 3.12. The number of hydrogen-bond donors (Lipinski definition) is 5. The van der Waals surface area contributed by atoms with Crippen LogP contribution in [-0.4, -0.2) is 87.0 Å². The number of nitrogens with zero attached hydrogens (tertiary/aromatic N) is 4. The van der Waals surface area contributed by atoms with Crippen LogP contribution in [0.2, 0.25) is 0 Å². The minimum atomic E-state index is -4.42. The number of anilines is 1. The quantitative estimate of drug-likeness (QED) is 0.112. The zero-order chi connectivity index (χ0) is 34.8. The predicted molar refractivity (Wildman–Crippen MR) is 170 cm³/mol. The average Bonchev–Trinajstić information content (AvgIpc) is 3.51. The summed E-state index contributed by atoms with van der Waals surface area (Å²) in [7, 11) is -3.32. The van der Waals surface area contributed by atoms with Crippen LogP contribution >= 0.6 is 7.67 Å². The summed E-state index contributed by atoms with van der Waals surface area (Å²) in [5, 5.41) is 41.8. The number of carbonyl (C=O) groups is 2. The maximum atomic E-state index is 14.3. The Morgan fingerprint density at radius 3 is 2.38 bits per heavy atom. The van der Waals surface area contributed by atoms with Gasteiger partial charge in [0.25, 0.3) is 0 Å². The molecule has 6 atom stereocenters. The topological polar surface area (TPSA) is 233 Å². The maximum Gasteiger partial charge on any atom is 0.342 e. The highest BCUT2D eigenvalue weighted by molar-refractivity contribution is 7.54. The lowest BCUT2D eigenvalue weighted by molar-refractivity contribution is -0.152. The molecular weight excluding hydrogens is 633 g/mol. The molecule has 16 nitrogen and oxygen atoms in total. The van der Waals surface area contributed by atoms with Crippen molar-refractivity contribution in [3.05, 3.63) is 24.2 Å². The average molecular weight is 682 g/mol. The summed E-state index contributed by atoms with van der Waals surface area (Å²) >= 11 is 0. The first-order chi connectivity index (χ1) is 22.3. The van der Waals surface area contributed by atoms with Crippen molar-refractivity contribution >= 4 is 30.9 Å². The first-order valence-electron chi connectivity index (χ1n) is 15.9. The van der Waals surface area contributed by atoms with Crippen LogP contribution in [0.25, 0.3) is 5.52 Å². The number of methoxy groups -OCH3 is 1. The van der Waals surface area contributed by atoms with Gasteiger partial charge in [0.1, 0.15) is 54.9 Å². The summed E-state index contributed by atoms with van der Waals surface area (Å²) in [5.74, 6) is -1.12. The van der Waals surface area contributed by atoms with Gasteiger partial charge >= 0.3 is 19.6 Å². The molecule has 2 unspecified atom stereocenters. The van der Waals surface area contributed by atoms with E-state index in [4.69, 9.17) is 24.5 Å². The summed E-state index contributed by atoms with van der Waals surface area (Å²) in [6, 6.07) is 2.42. The lowest BCUT2D eigenvalue weighted by Gasteiger charge is -2.34. The fourth-order valence-corrected chi connectivity index (χ4v) is 7.06. The molecule has 0 aliphatic heterocycles. The van der Waals surface area contributed by atoms with E-state index < -0.39 is 56.1 Å². The summed E-state index contributed by atoms with van der Waals surface area (Å²) in [4.78, 5) is 29.7. The van der Waals surface area contributed by atoms with Gasteiger partial charge < -0.3 is 34.7 Å². The van der Waals surface area contributed by atoms with Crippen molar-refractivity contribution in [2.24, 2.45) is 5.92 Å². The van der Waals surface area contributed by atoms with Crippen LogP contribution in [0.1, 0.15) is 84.4 Å². The number of nitrogens with one attached hydrogen (secondary N) is 2. The number of nitrogens with two attached hydrogens (primary N) is 1. The number of fused-ring (bicyclic) bond motifs is 1. The molecule has 2 aromatic rings. The number of esters is 2. The second-order valence-electron chi connectivity index (χ2n) is 11.8. The van der Waals surface area contributed by atoms with Crippen LogP contribution in [0.15, 0.2) is 18.5 Å². The molecule has 3 rings (SSSR count). The molecule has 0 amide bonds. The second kappa shape index (κ2) is 17.3. The van der Waals surface area contributed by atoms with Crippen molar-refractivity contribution in [3.8, 4) is 6.07 Å². The van der Waals surface area contributed by atoms with Crippen LogP contribution in [0.4, 0.5) is 5.82 Å². The second-order valence-corrected chi connectivity index (χ2v) is 13.7. The number of carbonyl (C=O) groups excluding carboxylic acids is 2. The molecule has 0 aromatic carbocycles. The standard InChI is InChI=1S/C30H48N7O9P/c1-6-21(7-2)15-44-28(40)19(3)35-47(42,36-20(4)29(41)46-22-11-9-8-10-12-22)45-17-30(16-31,43-5)26(39)25(38)23-13-14-24-27(32)33-18-34-37(23)24/h13-14,18-22,25-26,38-39H,6-12,15,17H2,1-5H3,(H2,32,33,34)(H2,35,36,42)/t19-,20-,25-,26-,30?,47?/m0/s1. The zero-order valence-electron chi connectivity index (χ0n) is 27.6. The van der Waals surface area contributed by atoms with Crippen molar-refractivity contribution in [1.29, 1.82) is 5.26 Å². The summed E-state index contributed by atoms with van der Waals surface area (Å²) in [6.45, 7) is 6.08. The lowest BCUT2D eigenvalue weighted by atomic mass is 9.93. The molecule has 1 saturated carbocycles. The Morgan fingerprint density at radius 2 is 1.79 bits per heavy atom. The molecule has 0 spiro atoms. The first-order valence-corrected chi connectivity index (χ1v) is 17.5. The largest absolute Gasteiger partial charge is 0.464 e. The van der Waals surface area contributed by atoms with E-state index in [0.717, 1.165) is 58.4 Å². The summed E-state index contributed by atoms with van der Waals surface area (Å²) < 4.78 is 37.7. The molecule has 262 valence electrons. The minimum Gasteiger partial charge on any atom is -0.464 e. The van der Waals surface area contributed by atoms with Crippen LogP contribution in [0.3, 0.4) is 0 Å². The van der Waals surface area contributed by atoms with E-state index in [1.165, 1.54) is 30.5 Å². The van der Waals surface area contributed by atoms with E-state index in [1.807, 2.05) is 19.9 Å². The number of ether oxygens (including phenoxy) is 3. The Balaban J connectivity index is 1.83. The third kappa shape index (κ3) is 9.70. The Labute approximate surface area is 274 Å². The van der Waals surface area contributed by atoms with Gasteiger partial charge in [0, 0.05) is 7.11 Å². The van der Waals surface area contributed by atoms with Gasteiger partial charge in [0.05, 0.1) is 12.3 Å². The van der Waals surface area contributed by atoms with E-state index >= 15 is 0 Å². The Kier molecular flexibility index (Phi) is 14.1. The van der Waals surface area contributed by atoms with E-state index in [-0.39, 0.29) is 30.1 Å². The fourth-order valence-electron chi connectivity index (χ4n) is 5.24. The Morgan fingerprint density at radius 1 is 1.15 bits per heavy atom. The van der Waals surface area contributed by atoms with E-state index in [0.29, 0.717) is 5.52 Å². The van der Waals surface area contributed by atoms with Crippen LogP contribution < -0.4 is 15.9 Å². The highest BCUT2D eigenvalue weighted by Gasteiger charge is 2.47. The van der Waals surface area contributed by atoms with Gasteiger partial charge in [-0.05, 0) is 57.6 Å². The number of aliphatic hydroxyl groups excluding tert-OH is 2. The van der Waals surface area contributed by atoms with Gasteiger partial charge in [-0.25, -0.2) is 19.7 Å². The molecule has 2 aromatic heterocycles. The molecule has 1 aliphatic rings. The third-order valence-electron chi connectivity index (χ3n) is 8.49. The molecule has 6 N–H and O–H groups in total. The molecule has 0 bridgehead atoms. The van der Waals surface area contributed by atoms with E-state index in [9.17, 15) is 29.6 Å². The molecule has 0 radical (unpaired) electrons. The number of rotatable bonds is 18. The van der Waals surface area contributed by atoms with Crippen LogP contribution in [0, 0.1) is 17.2 Å². The van der Waals surface area contributed by atoms with Gasteiger partial charge in [0.15, 0.2) is 5.82 Å². The van der Waals surface area contributed by atoms with Crippen LogP contribution in [0.5, 0.6) is 0 Å². The highest BCUT2D eigenvalue weighted by atomic mass is 31.2. The van der Waals surface area contributed by atoms with Crippen molar-refractivity contribution < 1.29 is 43.1 Å². The van der Waals surface area contributed by atoms with Crippen molar-refractivity contribution in [3.63, 3.8) is 0 Å². The molecule has 2 heterocycles. The van der Waals surface area contributed by atoms with Gasteiger partial charge in [0.2, 0.25) is 5.60 Å². The fraction of sp³-hybridized carbons (Fsp3) is 0.700. The normalized spacial score (nSPS) is 19.2. The van der Waals surface area contributed by atoms with Crippen LogP contribution in [-0.2, 0) is 32.9 Å². The number of aromatic nitrogens is 3. The third-order valence-corrected chi connectivity index (χ3v) is 10.4. The first kappa shape index (κ1) is 38.3. The Bertz CT molecular complexity index is 1430. The van der Waals surface area contributed by atoms with E-state index in [2.05, 4.69) is 20.3 Å². The molecular formula is C30H48N7O9P. The number of hydrogen-bond acceptors (Lipinski definition) is 13. The van der Waals surface area contributed by atoms with Gasteiger partial charge in [-0.2, -0.15) is 10.4 Å². The van der Waals surface area contributed by atoms with Crippen molar-refractivity contribution in [2.45, 2.75) is 109 Å². The molecule has 1 aliphatic carbocycles.